The number of para-hydroxylation sites is 1. The molecule has 0 aromatic heterocycles. The van der Waals surface area contributed by atoms with Gasteiger partial charge in [0.1, 0.15) is 25.4 Å². The summed E-state index contributed by atoms with van der Waals surface area (Å²) >= 11 is 0. The number of ether oxygens (including phenoxy) is 4. The fourth-order valence-corrected chi connectivity index (χ4v) is 10.1. The smallest absolute Gasteiger partial charge is 0.410 e. The van der Waals surface area contributed by atoms with Gasteiger partial charge in [0.25, 0.3) is 17.7 Å². The molecule has 1 radical (unpaired) electrons. The lowest BCUT2D eigenvalue weighted by atomic mass is 9.82. The second-order valence-electron chi connectivity index (χ2n) is 19.5. The van der Waals surface area contributed by atoms with Crippen molar-refractivity contribution in [3.8, 4) is 5.75 Å². The van der Waals surface area contributed by atoms with Crippen molar-refractivity contribution in [1.29, 1.82) is 0 Å². The molecule has 0 unspecified atom stereocenters. The Balaban J connectivity index is 1.06. The lowest BCUT2D eigenvalue weighted by Gasteiger charge is -2.42. The standard InChI is InChI=1S/C53H69N7O11/c1-36-30-39(31-37(2)47(36)68-33-38-12-8-7-9-13-38)32-44(71-52(67)58-23-19-42(20-24-58)60-27-18-40-14-10-11-15-43(40)54-51(60)66)48(63)57-28-21-53(22-29-57,50(65)70-35-46(62)56(5)6)59-25-16-41(17-26-59)49(64)69-34-45(61)55(3)4/h7-15,30-31,41-42,44H,16-29,32-35H2,1-6H3,(H,54,66)/q+1/t44-/m1/s1. The molecule has 6 amide bonds. The highest BCUT2D eigenvalue weighted by molar-refractivity contribution is 5.91. The van der Waals surface area contributed by atoms with Crippen LogP contribution in [0.2, 0.25) is 0 Å². The third kappa shape index (κ3) is 12.8. The molecule has 3 saturated heterocycles. The van der Waals surface area contributed by atoms with E-state index in [1.807, 2.05) is 90.4 Å². The number of carbonyl (C=O) groups is 7. The van der Waals surface area contributed by atoms with Crippen molar-refractivity contribution < 1.29 is 52.5 Å². The predicted molar refractivity (Wildman–Crippen MR) is 264 cm³/mol. The van der Waals surface area contributed by atoms with Gasteiger partial charge in [0.05, 0.1) is 5.92 Å². The molecule has 4 aliphatic rings. The number of amides is 6. The number of likely N-dealkylation sites (tertiary alicyclic amines) is 3. The van der Waals surface area contributed by atoms with Gasteiger partial charge in [0, 0.05) is 105 Å². The molecule has 71 heavy (non-hydrogen) atoms. The van der Waals surface area contributed by atoms with E-state index in [1.54, 1.807) is 38.0 Å². The maximum Gasteiger partial charge on any atom is 0.410 e. The van der Waals surface area contributed by atoms with Crippen molar-refractivity contribution in [2.75, 3.05) is 92.5 Å². The highest BCUT2D eigenvalue weighted by atomic mass is 16.6. The van der Waals surface area contributed by atoms with E-state index in [0.29, 0.717) is 71.4 Å². The van der Waals surface area contributed by atoms with Crippen LogP contribution in [0.4, 0.5) is 15.3 Å². The first-order chi connectivity index (χ1) is 34.0. The molecule has 1 atom stereocenters. The topological polar surface area (TPSA) is 191 Å². The number of esters is 2. The molecule has 4 aliphatic heterocycles. The molecule has 381 valence electrons. The van der Waals surface area contributed by atoms with Crippen molar-refractivity contribution in [3.05, 3.63) is 94.5 Å². The summed E-state index contributed by atoms with van der Waals surface area (Å²) in [6.45, 7) is 5.59. The monoisotopic (exact) mass is 980 g/mol. The summed E-state index contributed by atoms with van der Waals surface area (Å²) in [6, 6.07) is 21.3. The Kier molecular flexibility index (Phi) is 17.2. The first-order valence-electron chi connectivity index (χ1n) is 24.7. The number of urea groups is 1. The molecule has 0 aliphatic carbocycles. The third-order valence-corrected chi connectivity index (χ3v) is 14.4. The van der Waals surface area contributed by atoms with Crippen LogP contribution in [0.25, 0.3) is 0 Å². The number of anilines is 1. The highest BCUT2D eigenvalue weighted by Crippen LogP contribution is 2.34. The maximum atomic E-state index is 14.9. The molecule has 0 bridgehead atoms. The van der Waals surface area contributed by atoms with Gasteiger partial charge in [-0.15, -0.1) is 0 Å². The van der Waals surface area contributed by atoms with E-state index >= 15 is 0 Å². The highest BCUT2D eigenvalue weighted by Gasteiger charge is 2.57. The molecule has 18 heteroatoms. The molecular weight excluding hydrogens is 911 g/mol. The Bertz CT molecular complexity index is 2380. The zero-order chi connectivity index (χ0) is 50.8. The van der Waals surface area contributed by atoms with Crippen LogP contribution < -0.4 is 15.0 Å². The van der Waals surface area contributed by atoms with Gasteiger partial charge in [-0.3, -0.25) is 19.2 Å². The van der Waals surface area contributed by atoms with E-state index in [0.717, 1.165) is 39.3 Å². The van der Waals surface area contributed by atoms with Crippen molar-refractivity contribution in [1.82, 2.24) is 29.4 Å². The number of hydrogen-bond donors (Lipinski definition) is 1. The van der Waals surface area contributed by atoms with Gasteiger partial charge >= 0.3 is 24.1 Å². The van der Waals surface area contributed by atoms with Crippen LogP contribution in [0, 0.1) is 19.8 Å². The van der Waals surface area contributed by atoms with Gasteiger partial charge in [0.15, 0.2) is 19.3 Å². The quantitative estimate of drug-likeness (QED) is 0.127. The minimum Gasteiger partial charge on any atom is -0.488 e. The normalized spacial score (nSPS) is 18.0. The summed E-state index contributed by atoms with van der Waals surface area (Å²) in [5, 5.41) is 3.04. The van der Waals surface area contributed by atoms with Gasteiger partial charge in [-0.05, 0) is 67.0 Å². The van der Waals surface area contributed by atoms with Crippen LogP contribution in [-0.4, -0.2) is 171 Å². The van der Waals surface area contributed by atoms with Crippen molar-refractivity contribution in [2.45, 2.75) is 89.5 Å². The number of piperidine rings is 3. The lowest BCUT2D eigenvalue weighted by molar-refractivity contribution is -0.165. The van der Waals surface area contributed by atoms with Crippen LogP contribution in [0.5, 0.6) is 5.75 Å². The number of benzene rings is 3. The zero-order valence-electron chi connectivity index (χ0n) is 42.0. The first kappa shape index (κ1) is 52.1. The largest absolute Gasteiger partial charge is 0.488 e. The summed E-state index contributed by atoms with van der Waals surface area (Å²) in [6.07, 6.45) is 1.09. The minimum absolute atomic E-state index is 0.0796. The number of likely N-dealkylation sites (N-methyl/N-ethyl adjacent to an activating group) is 2. The van der Waals surface area contributed by atoms with Crippen LogP contribution in [-0.2, 0) is 57.6 Å². The van der Waals surface area contributed by atoms with Crippen LogP contribution in [0.15, 0.2) is 66.7 Å². The Morgan fingerprint density at radius 2 is 1.35 bits per heavy atom. The molecule has 3 aromatic rings. The molecule has 3 aromatic carbocycles. The van der Waals surface area contributed by atoms with Crippen molar-refractivity contribution in [2.24, 2.45) is 5.92 Å². The molecule has 0 spiro atoms. The van der Waals surface area contributed by atoms with E-state index in [4.69, 9.17) is 18.9 Å². The predicted octanol–water partition coefficient (Wildman–Crippen LogP) is 4.66. The van der Waals surface area contributed by atoms with Crippen LogP contribution >= 0.6 is 0 Å². The summed E-state index contributed by atoms with van der Waals surface area (Å²) in [4.78, 5) is 104. The van der Waals surface area contributed by atoms with Gasteiger partial charge in [0.2, 0.25) is 5.54 Å². The number of aryl methyl sites for hydroxylation is 2. The molecule has 7 rings (SSSR count). The summed E-state index contributed by atoms with van der Waals surface area (Å²) < 4.78 is 23.5. The second kappa shape index (κ2) is 23.5. The Morgan fingerprint density at radius 3 is 1.99 bits per heavy atom. The number of hydrogen-bond acceptors (Lipinski definition) is 12. The molecule has 1 N–H and O–H groups in total. The van der Waals surface area contributed by atoms with Crippen LogP contribution in [0.3, 0.4) is 0 Å². The van der Waals surface area contributed by atoms with Gasteiger partial charge in [-0.25, -0.2) is 14.4 Å². The number of carbonyl (C=O) groups excluding carboxylic acids is 7. The fraction of sp³-hybridized carbons (Fsp3) is 0.528. The fourth-order valence-electron chi connectivity index (χ4n) is 10.1. The lowest BCUT2D eigenvalue weighted by Crippen LogP contribution is -2.66. The van der Waals surface area contributed by atoms with Gasteiger partial charge in [-0.1, -0.05) is 60.7 Å². The van der Waals surface area contributed by atoms with E-state index in [9.17, 15) is 33.6 Å². The molecular formula is C53H69N7O11+. The average Bonchev–Trinajstić information content (AvgIpc) is 3.54. The van der Waals surface area contributed by atoms with E-state index < -0.39 is 48.1 Å². The Morgan fingerprint density at radius 1 is 0.746 bits per heavy atom. The molecule has 18 nitrogen and oxygen atoms in total. The first-order valence-corrected chi connectivity index (χ1v) is 24.7. The van der Waals surface area contributed by atoms with E-state index in [2.05, 4.69) is 5.32 Å². The van der Waals surface area contributed by atoms with Crippen LogP contribution in [0.1, 0.15) is 66.3 Å². The van der Waals surface area contributed by atoms with Crippen molar-refractivity contribution >= 4 is 47.5 Å². The summed E-state index contributed by atoms with van der Waals surface area (Å²) in [7, 11) is 6.31. The number of rotatable bonds is 15. The third-order valence-electron chi connectivity index (χ3n) is 14.4. The molecule has 0 saturated carbocycles. The molecule has 3 fully saturated rings. The number of fused-ring (bicyclic) bond motifs is 1. The zero-order valence-corrected chi connectivity index (χ0v) is 42.0. The van der Waals surface area contributed by atoms with Crippen molar-refractivity contribution in [3.63, 3.8) is 0 Å². The number of nitrogens with one attached hydrogen (secondary N) is 1. The van der Waals surface area contributed by atoms with E-state index in [1.165, 1.54) is 9.80 Å². The second-order valence-corrected chi connectivity index (χ2v) is 19.5. The average molecular weight is 980 g/mol. The van der Waals surface area contributed by atoms with Gasteiger partial charge < -0.3 is 48.8 Å². The summed E-state index contributed by atoms with van der Waals surface area (Å²) in [5.41, 5.74) is 4.20. The molecule has 4 heterocycles. The van der Waals surface area contributed by atoms with E-state index in [-0.39, 0.29) is 62.8 Å². The Labute approximate surface area is 416 Å². The maximum absolute atomic E-state index is 14.9. The summed E-state index contributed by atoms with van der Waals surface area (Å²) in [5.74, 6) is -1.94. The minimum atomic E-state index is -1.22. The Hall–Kier alpha value is -6.69. The van der Waals surface area contributed by atoms with Gasteiger partial charge in [-0.2, -0.15) is 4.90 Å². The SMILES string of the molecule is Cc1cc(C[C@@H](OC(=O)N2CCC(N3CCc4ccccc4NC3=O)CC2)C(=O)N2CCC(C(=O)OCC(=O)N(C)C)([N+]3CCC(C(=O)OCC(=O)N(C)C)CC3)CC2)cc(C)c1OCc1ccccc1. The number of nitrogens with zero attached hydrogens (tertiary/aromatic N) is 6.